The van der Waals surface area contributed by atoms with E-state index in [2.05, 4.69) is 89.3 Å². The van der Waals surface area contributed by atoms with Gasteiger partial charge in [0.15, 0.2) is 0 Å². The second-order valence-electron chi connectivity index (χ2n) is 8.33. The SMILES string of the molecule is ICCCCCCC1(c2ccc3c(c2)CC3)c2ccccc2-c2ccccc21. The van der Waals surface area contributed by atoms with Crippen molar-refractivity contribution in [1.29, 1.82) is 0 Å². The molecule has 2 aliphatic rings. The summed E-state index contributed by atoms with van der Waals surface area (Å²) < 4.78 is 1.28. The molecule has 0 spiro atoms. The van der Waals surface area contributed by atoms with Crippen LogP contribution >= 0.6 is 22.6 Å². The lowest BCUT2D eigenvalue weighted by Crippen LogP contribution is -2.28. The van der Waals surface area contributed by atoms with Gasteiger partial charge < -0.3 is 0 Å². The van der Waals surface area contributed by atoms with Gasteiger partial charge in [-0.25, -0.2) is 0 Å². The highest BCUT2D eigenvalue weighted by Crippen LogP contribution is 2.55. The molecule has 0 aromatic heterocycles. The first-order valence-corrected chi connectivity index (χ1v) is 12.2. The highest BCUT2D eigenvalue weighted by atomic mass is 127. The minimum atomic E-state index is 0.0160. The number of hydrogen-bond acceptors (Lipinski definition) is 0. The Morgan fingerprint density at radius 2 is 1.32 bits per heavy atom. The van der Waals surface area contributed by atoms with Crippen molar-refractivity contribution in [2.75, 3.05) is 4.43 Å². The summed E-state index contributed by atoms with van der Waals surface area (Å²) in [7, 11) is 0. The quantitative estimate of drug-likeness (QED) is 0.188. The van der Waals surface area contributed by atoms with Gasteiger partial charge in [0.2, 0.25) is 0 Å². The van der Waals surface area contributed by atoms with Gasteiger partial charge in [-0.15, -0.1) is 0 Å². The molecule has 0 heterocycles. The number of aryl methyl sites for hydroxylation is 2. The van der Waals surface area contributed by atoms with Crippen molar-refractivity contribution >= 4 is 22.6 Å². The van der Waals surface area contributed by atoms with Gasteiger partial charge in [-0.05, 0) is 69.1 Å². The van der Waals surface area contributed by atoms with Crippen molar-refractivity contribution < 1.29 is 0 Å². The molecule has 0 amide bonds. The van der Waals surface area contributed by atoms with Gasteiger partial charge in [0.25, 0.3) is 0 Å². The molecule has 2 aliphatic carbocycles. The van der Waals surface area contributed by atoms with Crippen molar-refractivity contribution in [1.82, 2.24) is 0 Å². The standard InChI is InChI=1S/C27H27I/c28-18-8-2-1-7-17-27(22-16-15-20-13-14-21(20)19-22)25-11-5-3-9-23(25)24-10-4-6-12-26(24)27/h3-6,9-12,15-16,19H,1-2,7-8,13-14,17-18H2. The van der Waals surface area contributed by atoms with E-state index in [0.29, 0.717) is 0 Å². The van der Waals surface area contributed by atoms with E-state index in [9.17, 15) is 0 Å². The first kappa shape index (κ1) is 18.4. The largest absolute Gasteiger partial charge is 0.0864 e. The van der Waals surface area contributed by atoms with E-state index < -0.39 is 0 Å². The number of unbranched alkanes of at least 4 members (excludes halogenated alkanes) is 3. The molecule has 0 saturated carbocycles. The lowest BCUT2D eigenvalue weighted by Gasteiger charge is -2.35. The summed E-state index contributed by atoms with van der Waals surface area (Å²) >= 11 is 2.50. The Morgan fingerprint density at radius 3 is 1.93 bits per heavy atom. The second kappa shape index (κ2) is 7.67. The summed E-state index contributed by atoms with van der Waals surface area (Å²) in [6.45, 7) is 0. The van der Waals surface area contributed by atoms with Gasteiger partial charge in [-0.2, -0.15) is 0 Å². The molecular formula is C27H27I. The van der Waals surface area contributed by atoms with Crippen LogP contribution in [-0.2, 0) is 18.3 Å². The molecule has 0 fully saturated rings. The molecule has 0 radical (unpaired) electrons. The molecule has 0 saturated heterocycles. The average Bonchev–Trinajstić information content (AvgIpc) is 3.00. The number of fused-ring (bicyclic) bond motifs is 4. The highest BCUT2D eigenvalue weighted by Gasteiger charge is 2.44. The van der Waals surface area contributed by atoms with Crippen LogP contribution in [-0.4, -0.2) is 4.43 Å². The van der Waals surface area contributed by atoms with Crippen molar-refractivity contribution in [2.45, 2.75) is 50.4 Å². The highest BCUT2D eigenvalue weighted by molar-refractivity contribution is 14.1. The molecule has 0 N–H and O–H groups in total. The fourth-order valence-electron chi connectivity index (χ4n) is 5.35. The van der Waals surface area contributed by atoms with E-state index >= 15 is 0 Å². The number of benzene rings is 3. The predicted molar refractivity (Wildman–Crippen MR) is 128 cm³/mol. The topological polar surface area (TPSA) is 0 Å². The Morgan fingerprint density at radius 1 is 0.679 bits per heavy atom. The van der Waals surface area contributed by atoms with Crippen molar-refractivity contribution in [3.05, 3.63) is 94.5 Å². The van der Waals surface area contributed by atoms with Crippen molar-refractivity contribution in [2.24, 2.45) is 0 Å². The molecule has 0 unspecified atom stereocenters. The normalized spacial score (nSPS) is 15.5. The molecule has 0 bridgehead atoms. The first-order chi connectivity index (χ1) is 13.8. The molecule has 0 aliphatic heterocycles. The Hall–Kier alpha value is -1.61. The summed E-state index contributed by atoms with van der Waals surface area (Å²) in [5, 5.41) is 0. The van der Waals surface area contributed by atoms with Crippen LogP contribution in [0.4, 0.5) is 0 Å². The van der Waals surface area contributed by atoms with Gasteiger partial charge in [0, 0.05) is 5.41 Å². The van der Waals surface area contributed by atoms with E-state index in [1.165, 1.54) is 77.2 Å². The smallest absolute Gasteiger partial charge is 0.0463 e. The van der Waals surface area contributed by atoms with Gasteiger partial charge >= 0.3 is 0 Å². The summed E-state index contributed by atoms with van der Waals surface area (Å²) in [6.07, 6.45) is 9.04. The van der Waals surface area contributed by atoms with Crippen molar-refractivity contribution in [3.8, 4) is 11.1 Å². The zero-order valence-corrected chi connectivity index (χ0v) is 18.5. The van der Waals surface area contributed by atoms with Crippen LogP contribution in [0.15, 0.2) is 66.7 Å². The molecule has 5 rings (SSSR count). The van der Waals surface area contributed by atoms with E-state index in [-0.39, 0.29) is 5.41 Å². The summed E-state index contributed by atoms with van der Waals surface area (Å²) in [4.78, 5) is 0. The fourth-order valence-corrected chi connectivity index (χ4v) is 5.89. The Kier molecular flexibility index (Phi) is 5.04. The molecule has 1 heteroatoms. The summed E-state index contributed by atoms with van der Waals surface area (Å²) in [5.41, 5.74) is 10.6. The van der Waals surface area contributed by atoms with Gasteiger partial charge in [-0.3, -0.25) is 0 Å². The monoisotopic (exact) mass is 478 g/mol. The maximum atomic E-state index is 2.53. The molecule has 3 aromatic rings. The fraction of sp³-hybridized carbons (Fsp3) is 0.333. The van der Waals surface area contributed by atoms with Gasteiger partial charge in [0.05, 0.1) is 0 Å². The number of hydrogen-bond donors (Lipinski definition) is 0. The maximum absolute atomic E-state index is 2.53. The number of halogens is 1. The van der Waals surface area contributed by atoms with Crippen LogP contribution in [0.2, 0.25) is 0 Å². The first-order valence-electron chi connectivity index (χ1n) is 10.7. The van der Waals surface area contributed by atoms with Crippen LogP contribution in [0.5, 0.6) is 0 Å². The van der Waals surface area contributed by atoms with Crippen LogP contribution in [0.3, 0.4) is 0 Å². The third kappa shape index (κ3) is 2.85. The Bertz CT molecular complexity index is 955. The second-order valence-corrected chi connectivity index (χ2v) is 9.41. The summed E-state index contributed by atoms with van der Waals surface area (Å²) in [5.74, 6) is 0. The summed E-state index contributed by atoms with van der Waals surface area (Å²) in [6, 6.07) is 25.7. The molecule has 142 valence electrons. The van der Waals surface area contributed by atoms with Gasteiger partial charge in [-0.1, -0.05) is 109 Å². The molecule has 3 aromatic carbocycles. The van der Waals surface area contributed by atoms with E-state index in [1.54, 1.807) is 11.1 Å². The van der Waals surface area contributed by atoms with E-state index in [1.807, 2.05) is 0 Å². The minimum Gasteiger partial charge on any atom is -0.0864 e. The third-order valence-electron chi connectivity index (χ3n) is 6.86. The van der Waals surface area contributed by atoms with E-state index in [4.69, 9.17) is 0 Å². The van der Waals surface area contributed by atoms with Crippen LogP contribution < -0.4 is 0 Å². The third-order valence-corrected chi connectivity index (χ3v) is 7.62. The molecule has 0 atom stereocenters. The Labute approximate surface area is 182 Å². The lowest BCUT2D eigenvalue weighted by molar-refractivity contribution is 0.515. The molecule has 0 nitrogen and oxygen atoms in total. The maximum Gasteiger partial charge on any atom is 0.0463 e. The molecule has 28 heavy (non-hydrogen) atoms. The lowest BCUT2D eigenvalue weighted by atomic mass is 9.68. The number of rotatable bonds is 7. The van der Waals surface area contributed by atoms with Crippen LogP contribution in [0, 0.1) is 0 Å². The minimum absolute atomic E-state index is 0.0160. The Balaban J connectivity index is 1.65. The predicted octanol–water partition coefficient (Wildman–Crippen LogP) is 7.49. The molecular weight excluding hydrogens is 451 g/mol. The number of alkyl halides is 1. The van der Waals surface area contributed by atoms with Crippen LogP contribution in [0.25, 0.3) is 11.1 Å². The average molecular weight is 478 g/mol. The zero-order chi connectivity index (χ0) is 19.0. The van der Waals surface area contributed by atoms with Gasteiger partial charge in [0.1, 0.15) is 0 Å². The van der Waals surface area contributed by atoms with Crippen LogP contribution in [0.1, 0.15) is 59.9 Å². The zero-order valence-electron chi connectivity index (χ0n) is 16.4. The van der Waals surface area contributed by atoms with Crippen molar-refractivity contribution in [3.63, 3.8) is 0 Å². The van der Waals surface area contributed by atoms with E-state index in [0.717, 1.165) is 0 Å².